The van der Waals surface area contributed by atoms with E-state index in [1.54, 1.807) is 0 Å². The first-order valence-corrected chi connectivity index (χ1v) is 8.81. The summed E-state index contributed by atoms with van der Waals surface area (Å²) in [5.41, 5.74) is 0.857. The molecule has 2 nitrogen and oxygen atoms in total. The van der Waals surface area contributed by atoms with Gasteiger partial charge in [-0.2, -0.15) is 0 Å². The molecule has 1 aromatic carbocycles. The SMILES string of the molecule is CC1CCC(N(C(=O)c2ccc(I)cc2)C2CC2)CC1. The van der Waals surface area contributed by atoms with Crippen LogP contribution in [0, 0.1) is 9.49 Å². The lowest BCUT2D eigenvalue weighted by molar-refractivity contribution is 0.0593. The maximum absolute atomic E-state index is 12.8. The highest BCUT2D eigenvalue weighted by Gasteiger charge is 2.38. The summed E-state index contributed by atoms with van der Waals surface area (Å²) >= 11 is 2.28. The second-order valence-corrected chi connectivity index (χ2v) is 7.61. The number of amides is 1. The van der Waals surface area contributed by atoms with Crippen molar-refractivity contribution >= 4 is 28.5 Å². The Kier molecular flexibility index (Phi) is 4.34. The fourth-order valence-electron chi connectivity index (χ4n) is 3.24. The van der Waals surface area contributed by atoms with Gasteiger partial charge in [-0.05, 0) is 91.3 Å². The molecule has 0 aliphatic heterocycles. The van der Waals surface area contributed by atoms with Crippen LogP contribution in [-0.2, 0) is 0 Å². The zero-order valence-electron chi connectivity index (χ0n) is 12.0. The summed E-state index contributed by atoms with van der Waals surface area (Å²) in [5.74, 6) is 1.09. The summed E-state index contributed by atoms with van der Waals surface area (Å²) in [6.45, 7) is 2.33. The van der Waals surface area contributed by atoms with Crippen LogP contribution in [0.5, 0.6) is 0 Å². The smallest absolute Gasteiger partial charge is 0.254 e. The molecule has 3 rings (SSSR count). The third-order valence-electron chi connectivity index (χ3n) is 4.64. The molecule has 2 aliphatic carbocycles. The van der Waals surface area contributed by atoms with Crippen molar-refractivity contribution in [2.24, 2.45) is 5.92 Å². The predicted molar refractivity (Wildman–Crippen MR) is 89.8 cm³/mol. The molecule has 0 radical (unpaired) electrons. The highest BCUT2D eigenvalue weighted by molar-refractivity contribution is 14.1. The minimum Gasteiger partial charge on any atom is -0.333 e. The minimum atomic E-state index is 0.253. The van der Waals surface area contributed by atoms with Crippen LogP contribution in [0.2, 0.25) is 0 Å². The van der Waals surface area contributed by atoms with Crippen LogP contribution in [0.25, 0.3) is 0 Å². The van der Waals surface area contributed by atoms with E-state index >= 15 is 0 Å². The second-order valence-electron chi connectivity index (χ2n) is 6.36. The van der Waals surface area contributed by atoms with Crippen molar-refractivity contribution in [3.8, 4) is 0 Å². The van der Waals surface area contributed by atoms with Crippen molar-refractivity contribution in [2.75, 3.05) is 0 Å². The molecule has 2 saturated carbocycles. The topological polar surface area (TPSA) is 20.3 Å². The van der Waals surface area contributed by atoms with Crippen molar-refractivity contribution in [1.29, 1.82) is 0 Å². The van der Waals surface area contributed by atoms with Gasteiger partial charge < -0.3 is 4.90 Å². The van der Waals surface area contributed by atoms with Gasteiger partial charge in [0.2, 0.25) is 0 Å². The predicted octanol–water partition coefficient (Wildman–Crippen LogP) is 4.47. The monoisotopic (exact) mass is 383 g/mol. The Morgan fingerprint density at radius 3 is 2.00 bits per heavy atom. The highest BCUT2D eigenvalue weighted by Crippen LogP contribution is 2.36. The molecular weight excluding hydrogens is 361 g/mol. The maximum Gasteiger partial charge on any atom is 0.254 e. The van der Waals surface area contributed by atoms with Crippen LogP contribution in [0.15, 0.2) is 24.3 Å². The van der Waals surface area contributed by atoms with E-state index in [1.807, 2.05) is 24.3 Å². The Morgan fingerprint density at radius 1 is 1.00 bits per heavy atom. The van der Waals surface area contributed by atoms with Crippen molar-refractivity contribution in [1.82, 2.24) is 4.90 Å². The van der Waals surface area contributed by atoms with Gasteiger partial charge in [-0.1, -0.05) is 6.92 Å². The zero-order chi connectivity index (χ0) is 14.1. The average Bonchev–Trinajstić information content (AvgIpc) is 3.26. The lowest BCUT2D eigenvalue weighted by Crippen LogP contribution is -2.43. The number of carbonyl (C=O) groups excluding carboxylic acids is 1. The summed E-state index contributed by atoms with van der Waals surface area (Å²) in [6.07, 6.45) is 7.31. The Bertz CT molecular complexity index is 472. The number of nitrogens with zero attached hydrogens (tertiary/aromatic N) is 1. The van der Waals surface area contributed by atoms with Crippen LogP contribution in [0.4, 0.5) is 0 Å². The zero-order valence-corrected chi connectivity index (χ0v) is 14.2. The third kappa shape index (κ3) is 3.18. The highest BCUT2D eigenvalue weighted by atomic mass is 127. The van der Waals surface area contributed by atoms with Crippen molar-refractivity contribution in [3.63, 3.8) is 0 Å². The molecule has 0 aromatic heterocycles. The van der Waals surface area contributed by atoms with Gasteiger partial charge in [-0.3, -0.25) is 4.79 Å². The van der Waals surface area contributed by atoms with Gasteiger partial charge in [-0.25, -0.2) is 0 Å². The molecule has 108 valence electrons. The maximum atomic E-state index is 12.8. The largest absolute Gasteiger partial charge is 0.333 e. The fourth-order valence-corrected chi connectivity index (χ4v) is 3.60. The van der Waals surface area contributed by atoms with Gasteiger partial charge in [0.1, 0.15) is 0 Å². The molecule has 3 heteroatoms. The molecule has 0 heterocycles. The molecule has 0 saturated heterocycles. The number of hydrogen-bond donors (Lipinski definition) is 0. The second kappa shape index (κ2) is 6.04. The summed E-state index contributed by atoms with van der Waals surface area (Å²) in [4.78, 5) is 15.1. The molecule has 20 heavy (non-hydrogen) atoms. The van der Waals surface area contributed by atoms with E-state index in [0.717, 1.165) is 11.5 Å². The van der Waals surface area contributed by atoms with E-state index in [9.17, 15) is 4.79 Å². The summed E-state index contributed by atoms with van der Waals surface area (Å²) in [7, 11) is 0. The summed E-state index contributed by atoms with van der Waals surface area (Å²) in [5, 5.41) is 0. The van der Waals surface area contributed by atoms with Crippen LogP contribution in [-0.4, -0.2) is 22.9 Å². The van der Waals surface area contributed by atoms with E-state index in [1.165, 1.54) is 42.1 Å². The van der Waals surface area contributed by atoms with Gasteiger partial charge in [0.15, 0.2) is 0 Å². The van der Waals surface area contributed by atoms with Gasteiger partial charge >= 0.3 is 0 Å². The van der Waals surface area contributed by atoms with Crippen molar-refractivity contribution < 1.29 is 4.79 Å². The quantitative estimate of drug-likeness (QED) is 0.706. The molecule has 0 spiro atoms. The van der Waals surface area contributed by atoms with Crippen molar-refractivity contribution in [2.45, 2.75) is 57.5 Å². The first-order chi connectivity index (χ1) is 9.65. The number of halogens is 1. The van der Waals surface area contributed by atoms with E-state index in [2.05, 4.69) is 34.4 Å². The summed E-state index contributed by atoms with van der Waals surface area (Å²) < 4.78 is 1.18. The van der Waals surface area contributed by atoms with Crippen LogP contribution in [0.1, 0.15) is 55.8 Å². The fraction of sp³-hybridized carbons (Fsp3) is 0.588. The number of hydrogen-bond acceptors (Lipinski definition) is 1. The minimum absolute atomic E-state index is 0.253. The van der Waals surface area contributed by atoms with E-state index in [-0.39, 0.29) is 5.91 Å². The Balaban J connectivity index is 1.76. The van der Waals surface area contributed by atoms with Crippen LogP contribution in [0.3, 0.4) is 0 Å². The van der Waals surface area contributed by atoms with Gasteiger partial charge in [-0.15, -0.1) is 0 Å². The molecule has 1 amide bonds. The Labute approximate surface area is 135 Å². The van der Waals surface area contributed by atoms with Gasteiger partial charge in [0, 0.05) is 21.2 Å². The molecule has 0 N–H and O–H groups in total. The standard InChI is InChI=1S/C17H22INO/c1-12-2-8-15(9-3-12)19(16-10-11-16)17(20)13-4-6-14(18)7-5-13/h4-7,12,15-16H,2-3,8-11H2,1H3. The Morgan fingerprint density at radius 2 is 1.50 bits per heavy atom. The van der Waals surface area contributed by atoms with Gasteiger partial charge in [0.05, 0.1) is 0 Å². The third-order valence-corrected chi connectivity index (χ3v) is 5.36. The molecule has 0 atom stereocenters. The summed E-state index contributed by atoms with van der Waals surface area (Å²) in [6, 6.07) is 9.00. The van der Waals surface area contributed by atoms with Gasteiger partial charge in [0.25, 0.3) is 5.91 Å². The van der Waals surface area contributed by atoms with E-state index < -0.39 is 0 Å². The van der Waals surface area contributed by atoms with E-state index in [0.29, 0.717) is 12.1 Å². The van der Waals surface area contributed by atoms with Crippen LogP contribution < -0.4 is 0 Å². The lowest BCUT2D eigenvalue weighted by Gasteiger charge is -2.36. The average molecular weight is 383 g/mol. The number of benzene rings is 1. The first-order valence-electron chi connectivity index (χ1n) is 7.73. The van der Waals surface area contributed by atoms with Crippen molar-refractivity contribution in [3.05, 3.63) is 33.4 Å². The molecular formula is C17H22INO. The molecule has 0 unspecified atom stereocenters. The molecule has 2 fully saturated rings. The van der Waals surface area contributed by atoms with Crippen LogP contribution >= 0.6 is 22.6 Å². The van der Waals surface area contributed by atoms with E-state index in [4.69, 9.17) is 0 Å². The normalized spacial score (nSPS) is 26.3. The molecule has 1 aromatic rings. The number of rotatable bonds is 3. The molecule has 0 bridgehead atoms. The molecule has 2 aliphatic rings. The first kappa shape index (κ1) is 14.4. The number of carbonyl (C=O) groups is 1. The lowest BCUT2D eigenvalue weighted by atomic mass is 9.86. The Hall–Kier alpha value is -0.580.